The van der Waals surface area contributed by atoms with Gasteiger partial charge in [0.15, 0.2) is 0 Å². The maximum absolute atomic E-state index is 13.7. The molecule has 2 saturated carbocycles. The summed E-state index contributed by atoms with van der Waals surface area (Å²) in [6, 6.07) is 7.31. The number of ether oxygens (including phenoxy) is 1. The van der Waals surface area contributed by atoms with Crippen molar-refractivity contribution in [2.75, 3.05) is 13.2 Å². The molecule has 1 aromatic carbocycles. The van der Waals surface area contributed by atoms with Crippen LogP contribution in [0.1, 0.15) is 94.9 Å². The molecule has 9 heteroatoms. The molecular formula is C30H51N5O3S. The number of hydrogen-bond acceptors (Lipinski definition) is 7. The molecule has 220 valence electrons. The lowest BCUT2D eigenvalue weighted by Crippen LogP contribution is -2.64. The van der Waals surface area contributed by atoms with Crippen LogP contribution < -0.4 is 21.1 Å². The van der Waals surface area contributed by atoms with Crippen molar-refractivity contribution in [3.8, 4) is 0 Å². The summed E-state index contributed by atoms with van der Waals surface area (Å²) in [5, 5.41) is 6.67. The minimum Gasteiger partial charge on any atom is -0.362 e. The van der Waals surface area contributed by atoms with E-state index in [1.54, 1.807) is 0 Å². The average Bonchev–Trinajstić information content (AvgIpc) is 2.82. The summed E-state index contributed by atoms with van der Waals surface area (Å²) in [6.07, 6.45) is 6.40. The van der Waals surface area contributed by atoms with Gasteiger partial charge in [0.25, 0.3) is 0 Å². The maximum atomic E-state index is 13.7. The molecule has 0 aromatic heterocycles. The fraction of sp³-hybridized carbons (Fsp3) is 0.800. The summed E-state index contributed by atoms with van der Waals surface area (Å²) in [7, 11) is -3.52. The Balaban J connectivity index is 1.48. The van der Waals surface area contributed by atoms with E-state index in [-0.39, 0.29) is 35.0 Å². The van der Waals surface area contributed by atoms with Gasteiger partial charge in [-0.15, -0.1) is 0 Å². The normalized spacial score (nSPS) is 38.1. The van der Waals surface area contributed by atoms with Crippen molar-refractivity contribution < 1.29 is 13.2 Å². The summed E-state index contributed by atoms with van der Waals surface area (Å²) < 4.78 is 37.1. The third-order valence-corrected chi connectivity index (χ3v) is 11.3. The van der Waals surface area contributed by atoms with Crippen LogP contribution in [0.4, 0.5) is 0 Å². The Hall–Kier alpha value is -1.07. The fourth-order valence-corrected chi connectivity index (χ4v) is 9.16. The van der Waals surface area contributed by atoms with E-state index in [1.807, 2.05) is 0 Å². The van der Waals surface area contributed by atoms with E-state index in [9.17, 15) is 8.42 Å². The van der Waals surface area contributed by atoms with E-state index >= 15 is 0 Å². The summed E-state index contributed by atoms with van der Waals surface area (Å²) >= 11 is 0. The first kappa shape index (κ1) is 29.4. The number of benzene rings is 1. The molecule has 2 aliphatic heterocycles. The molecule has 4 bridgehead atoms. The third kappa shape index (κ3) is 7.05. The second-order valence-electron chi connectivity index (χ2n) is 14.0. The Morgan fingerprint density at radius 1 is 1.05 bits per heavy atom. The zero-order valence-corrected chi connectivity index (χ0v) is 25.4. The Kier molecular flexibility index (Phi) is 8.80. The first-order valence-corrected chi connectivity index (χ1v) is 16.6. The lowest BCUT2D eigenvalue weighted by molar-refractivity contribution is -0.0662. The molecule has 0 radical (unpaired) electrons. The standard InChI is InChI=1S/C30H51N5O3S/c1-19-8-6-9-20(2)28(19)26-15-27-33-29(32-26)34-39(36,37)25-11-7-10-21(12-25)17-35(23-13-22(31)14-23)24(18-38-27)16-30(3,4)5/h6,8-9,21-27,29,32-34H,7,10-18,31H2,1-5H3/t21?,22?,23?,24-,25?,26?,27?,29?/m1/s1. The molecule has 4 fully saturated rings. The molecular weight excluding hydrogens is 510 g/mol. The number of nitrogens with two attached hydrogens (primary N) is 1. The minimum absolute atomic E-state index is 0.0174. The zero-order chi connectivity index (χ0) is 27.9. The van der Waals surface area contributed by atoms with Gasteiger partial charge in [0.1, 0.15) is 12.5 Å². The van der Waals surface area contributed by atoms with Crippen LogP contribution in [-0.2, 0) is 14.8 Å². The quantitative estimate of drug-likeness (QED) is 0.446. The second kappa shape index (κ2) is 11.7. The number of nitrogens with one attached hydrogen (secondary N) is 3. The molecule has 6 atom stereocenters. The molecule has 5 N–H and O–H groups in total. The fourth-order valence-electron chi connectivity index (χ4n) is 7.50. The van der Waals surface area contributed by atoms with Crippen molar-refractivity contribution in [3.05, 3.63) is 34.9 Å². The van der Waals surface area contributed by atoms with Crippen LogP contribution in [0.25, 0.3) is 0 Å². The SMILES string of the molecule is Cc1cccc(C)c1C1CC2NC(N1)NS(=O)(=O)C1CCCC(C1)CN(C1CC(N)C1)[C@H](CC(C)(C)C)CO2. The van der Waals surface area contributed by atoms with Crippen molar-refractivity contribution in [2.45, 2.75) is 128 Å². The van der Waals surface area contributed by atoms with Crippen LogP contribution >= 0.6 is 0 Å². The van der Waals surface area contributed by atoms with Crippen LogP contribution in [0.2, 0.25) is 0 Å². The molecule has 2 heterocycles. The topological polar surface area (TPSA) is 109 Å². The molecule has 1 aromatic rings. The van der Waals surface area contributed by atoms with E-state index in [1.165, 1.54) is 16.7 Å². The zero-order valence-electron chi connectivity index (χ0n) is 24.6. The lowest BCUT2D eigenvalue weighted by Gasteiger charge is -2.48. The number of aryl methyl sites for hydroxylation is 2. The minimum atomic E-state index is -3.52. The first-order valence-electron chi connectivity index (χ1n) is 15.1. The molecule has 5 rings (SSSR count). The van der Waals surface area contributed by atoms with Gasteiger partial charge in [0.05, 0.1) is 11.9 Å². The molecule has 0 spiro atoms. The molecule has 8 nitrogen and oxygen atoms in total. The van der Waals surface area contributed by atoms with Crippen LogP contribution in [0.3, 0.4) is 0 Å². The smallest absolute Gasteiger partial charge is 0.216 e. The maximum Gasteiger partial charge on any atom is 0.216 e. The molecule has 0 amide bonds. The van der Waals surface area contributed by atoms with Crippen LogP contribution in [0.5, 0.6) is 0 Å². The lowest BCUT2D eigenvalue weighted by atomic mass is 9.80. The molecule has 39 heavy (non-hydrogen) atoms. The van der Waals surface area contributed by atoms with Gasteiger partial charge in [-0.25, -0.2) is 8.42 Å². The summed E-state index contributed by atoms with van der Waals surface area (Å²) in [5.41, 5.74) is 10.1. The van der Waals surface area contributed by atoms with E-state index in [2.05, 4.69) is 73.1 Å². The predicted molar refractivity (Wildman–Crippen MR) is 156 cm³/mol. The Morgan fingerprint density at radius 3 is 2.44 bits per heavy atom. The van der Waals surface area contributed by atoms with Gasteiger partial charge in [-0.1, -0.05) is 45.4 Å². The van der Waals surface area contributed by atoms with Crippen molar-refractivity contribution in [3.63, 3.8) is 0 Å². The predicted octanol–water partition coefficient (Wildman–Crippen LogP) is 3.64. The highest BCUT2D eigenvalue weighted by molar-refractivity contribution is 7.90. The average molecular weight is 562 g/mol. The van der Waals surface area contributed by atoms with Gasteiger partial charge in [-0.2, -0.15) is 4.72 Å². The van der Waals surface area contributed by atoms with E-state index in [4.69, 9.17) is 10.5 Å². The van der Waals surface area contributed by atoms with Gasteiger partial charge in [0.2, 0.25) is 10.0 Å². The summed E-state index contributed by atoms with van der Waals surface area (Å²) in [5.74, 6) is 0.364. The molecule has 2 aliphatic carbocycles. The summed E-state index contributed by atoms with van der Waals surface area (Å²) in [6.45, 7) is 12.7. The number of rotatable bonds is 3. The third-order valence-electron chi connectivity index (χ3n) is 9.41. The van der Waals surface area contributed by atoms with Crippen molar-refractivity contribution in [1.82, 2.24) is 20.3 Å². The highest BCUT2D eigenvalue weighted by Gasteiger charge is 2.42. The Labute approximate surface area is 236 Å². The van der Waals surface area contributed by atoms with Crippen LogP contribution in [0.15, 0.2) is 18.2 Å². The Bertz CT molecular complexity index is 1080. The van der Waals surface area contributed by atoms with Gasteiger partial charge in [-0.05, 0) is 80.4 Å². The van der Waals surface area contributed by atoms with Crippen molar-refractivity contribution in [1.29, 1.82) is 0 Å². The molecule has 2 saturated heterocycles. The first-order chi connectivity index (χ1) is 18.4. The molecule has 5 unspecified atom stereocenters. The monoisotopic (exact) mass is 561 g/mol. The highest BCUT2D eigenvalue weighted by Crippen LogP contribution is 2.37. The highest BCUT2D eigenvalue weighted by atomic mass is 32.2. The summed E-state index contributed by atoms with van der Waals surface area (Å²) in [4.78, 5) is 2.67. The van der Waals surface area contributed by atoms with Gasteiger partial charge in [-0.3, -0.25) is 15.5 Å². The van der Waals surface area contributed by atoms with E-state index in [0.29, 0.717) is 25.0 Å². The van der Waals surface area contributed by atoms with Crippen molar-refractivity contribution >= 4 is 10.0 Å². The number of hydrogen-bond donors (Lipinski definition) is 4. The second-order valence-corrected chi connectivity index (χ2v) is 16.0. The van der Waals surface area contributed by atoms with Gasteiger partial charge < -0.3 is 10.5 Å². The van der Waals surface area contributed by atoms with Crippen LogP contribution in [-0.4, -0.2) is 62.4 Å². The number of nitrogens with zero attached hydrogens (tertiary/aromatic N) is 1. The number of fused-ring (bicyclic) bond motifs is 4. The Morgan fingerprint density at radius 2 is 1.77 bits per heavy atom. The largest absolute Gasteiger partial charge is 0.362 e. The number of sulfonamides is 1. The van der Waals surface area contributed by atoms with E-state index < -0.39 is 16.3 Å². The van der Waals surface area contributed by atoms with Crippen LogP contribution in [0, 0.1) is 25.2 Å². The van der Waals surface area contributed by atoms with Gasteiger partial charge in [0, 0.05) is 37.1 Å². The molecule has 4 aliphatic rings. The van der Waals surface area contributed by atoms with E-state index in [0.717, 1.165) is 51.5 Å². The van der Waals surface area contributed by atoms with Crippen molar-refractivity contribution in [2.24, 2.45) is 17.1 Å². The van der Waals surface area contributed by atoms with Gasteiger partial charge >= 0.3 is 0 Å².